The first-order chi connectivity index (χ1) is 8.49. The molecule has 0 atom stereocenters. The van der Waals surface area contributed by atoms with Crippen LogP contribution in [0.15, 0.2) is 30.3 Å². The molecule has 1 heterocycles. The van der Waals surface area contributed by atoms with Crippen molar-refractivity contribution >= 4 is 23.8 Å². The van der Waals surface area contributed by atoms with Crippen molar-refractivity contribution < 1.29 is 19.2 Å². The fourth-order valence-electron chi connectivity index (χ4n) is 1.84. The second-order valence-corrected chi connectivity index (χ2v) is 3.72. The van der Waals surface area contributed by atoms with Gasteiger partial charge in [0.15, 0.2) is 0 Å². The summed E-state index contributed by atoms with van der Waals surface area (Å²) in [5.74, 6) is -3.24. The highest BCUT2D eigenvalue weighted by Gasteiger charge is 2.56. The highest BCUT2D eigenvalue weighted by Crippen LogP contribution is 2.26. The Morgan fingerprint density at radius 2 is 1.50 bits per heavy atom. The van der Waals surface area contributed by atoms with Crippen LogP contribution in [0.25, 0.3) is 0 Å². The van der Waals surface area contributed by atoms with Crippen molar-refractivity contribution in [3.05, 3.63) is 35.9 Å². The second-order valence-electron chi connectivity index (χ2n) is 3.72. The molecule has 1 aliphatic rings. The number of carbonyl (C=O) groups is 4. The van der Waals surface area contributed by atoms with Crippen LogP contribution in [0, 0.1) is 0 Å². The molecule has 0 spiro atoms. The van der Waals surface area contributed by atoms with Gasteiger partial charge in [0.1, 0.15) is 0 Å². The Balaban J connectivity index is 2.65. The molecular weight excluding hydrogens is 238 g/mol. The summed E-state index contributed by atoms with van der Waals surface area (Å²) >= 11 is 0. The minimum atomic E-state index is -2.21. The van der Waals surface area contributed by atoms with Gasteiger partial charge in [-0.05, 0) is 5.56 Å². The number of amides is 5. The second kappa shape index (κ2) is 3.95. The van der Waals surface area contributed by atoms with Gasteiger partial charge in [0, 0.05) is 0 Å². The zero-order valence-corrected chi connectivity index (χ0v) is 9.10. The highest BCUT2D eigenvalue weighted by atomic mass is 16.2. The topological polar surface area (TPSA) is 118 Å². The van der Waals surface area contributed by atoms with Crippen molar-refractivity contribution in [2.45, 2.75) is 5.41 Å². The molecular formula is C11H9N3O4. The summed E-state index contributed by atoms with van der Waals surface area (Å²) in [6.07, 6.45) is 0. The first-order valence-corrected chi connectivity index (χ1v) is 5.02. The first-order valence-electron chi connectivity index (χ1n) is 5.02. The molecule has 4 N–H and O–H groups in total. The third kappa shape index (κ3) is 1.45. The van der Waals surface area contributed by atoms with Crippen LogP contribution in [0.1, 0.15) is 5.56 Å². The van der Waals surface area contributed by atoms with Gasteiger partial charge in [-0.15, -0.1) is 0 Å². The average Bonchev–Trinajstić information content (AvgIpc) is 2.29. The van der Waals surface area contributed by atoms with Crippen LogP contribution in [-0.2, 0) is 19.8 Å². The number of primary amides is 1. The maximum Gasteiger partial charge on any atom is 0.328 e. The number of rotatable bonds is 2. The molecule has 0 aliphatic carbocycles. The molecule has 0 saturated carbocycles. The van der Waals surface area contributed by atoms with Crippen LogP contribution in [0.2, 0.25) is 0 Å². The Bertz CT molecular complexity index is 533. The standard InChI is InChI=1S/C11H9N3O4/c12-7(15)11(6-4-2-1-3-5-6)8(16)13-10(18)14-9(11)17/h1-5H,(H2,12,15)(H2,13,14,16,17,18). The van der Waals surface area contributed by atoms with E-state index < -0.39 is 29.2 Å². The lowest BCUT2D eigenvalue weighted by Crippen LogP contribution is -2.69. The molecule has 0 aromatic heterocycles. The number of barbiturate groups is 1. The zero-order chi connectivity index (χ0) is 13.3. The minimum absolute atomic E-state index is 0.111. The fraction of sp³-hybridized carbons (Fsp3) is 0.0909. The van der Waals surface area contributed by atoms with Gasteiger partial charge in [0.05, 0.1) is 0 Å². The van der Waals surface area contributed by atoms with E-state index in [2.05, 4.69) is 0 Å². The largest absolute Gasteiger partial charge is 0.368 e. The Hall–Kier alpha value is -2.70. The number of carbonyl (C=O) groups excluding carboxylic acids is 4. The van der Waals surface area contributed by atoms with Gasteiger partial charge in [-0.3, -0.25) is 25.0 Å². The van der Waals surface area contributed by atoms with Crippen LogP contribution in [0.5, 0.6) is 0 Å². The van der Waals surface area contributed by atoms with E-state index in [4.69, 9.17) is 5.73 Å². The lowest BCUT2D eigenvalue weighted by molar-refractivity contribution is -0.145. The van der Waals surface area contributed by atoms with Gasteiger partial charge in [0.25, 0.3) is 11.8 Å². The van der Waals surface area contributed by atoms with Crippen LogP contribution in [-0.4, -0.2) is 23.8 Å². The monoisotopic (exact) mass is 247 g/mol. The van der Waals surface area contributed by atoms with E-state index >= 15 is 0 Å². The van der Waals surface area contributed by atoms with Crippen LogP contribution >= 0.6 is 0 Å². The molecule has 1 fully saturated rings. The molecule has 2 rings (SSSR count). The van der Waals surface area contributed by atoms with Crippen molar-refractivity contribution in [1.29, 1.82) is 0 Å². The Morgan fingerprint density at radius 3 is 1.94 bits per heavy atom. The number of imide groups is 2. The summed E-state index contributed by atoms with van der Waals surface area (Å²) in [5, 5.41) is 3.74. The van der Waals surface area contributed by atoms with E-state index in [1.54, 1.807) is 18.2 Å². The summed E-state index contributed by atoms with van der Waals surface area (Å²) in [5.41, 5.74) is 3.09. The van der Waals surface area contributed by atoms with Gasteiger partial charge < -0.3 is 5.73 Å². The molecule has 1 aromatic carbocycles. The number of nitrogens with one attached hydrogen (secondary N) is 2. The predicted octanol–water partition coefficient (Wildman–Crippen LogP) is -1.22. The van der Waals surface area contributed by atoms with E-state index in [9.17, 15) is 19.2 Å². The number of nitrogens with two attached hydrogens (primary N) is 1. The van der Waals surface area contributed by atoms with Gasteiger partial charge in [-0.25, -0.2) is 4.79 Å². The van der Waals surface area contributed by atoms with Gasteiger partial charge in [-0.1, -0.05) is 30.3 Å². The van der Waals surface area contributed by atoms with Crippen molar-refractivity contribution in [2.75, 3.05) is 0 Å². The minimum Gasteiger partial charge on any atom is -0.368 e. The summed E-state index contributed by atoms with van der Waals surface area (Å²) in [4.78, 5) is 46.4. The van der Waals surface area contributed by atoms with Gasteiger partial charge in [0.2, 0.25) is 11.3 Å². The van der Waals surface area contributed by atoms with E-state index in [0.29, 0.717) is 0 Å². The van der Waals surface area contributed by atoms with E-state index in [1.807, 2.05) is 10.6 Å². The van der Waals surface area contributed by atoms with Gasteiger partial charge in [-0.2, -0.15) is 0 Å². The number of urea groups is 1. The van der Waals surface area contributed by atoms with Gasteiger partial charge >= 0.3 is 6.03 Å². The molecule has 0 unspecified atom stereocenters. The van der Waals surface area contributed by atoms with Crippen molar-refractivity contribution in [3.63, 3.8) is 0 Å². The molecule has 18 heavy (non-hydrogen) atoms. The first kappa shape index (κ1) is 11.8. The summed E-state index contributed by atoms with van der Waals surface area (Å²) in [6.45, 7) is 0. The van der Waals surface area contributed by atoms with Crippen LogP contribution in [0.3, 0.4) is 0 Å². The van der Waals surface area contributed by atoms with Crippen molar-refractivity contribution in [3.8, 4) is 0 Å². The van der Waals surface area contributed by atoms with Crippen LogP contribution in [0.4, 0.5) is 4.79 Å². The SMILES string of the molecule is NC(=O)C1(c2ccccc2)C(=O)NC(=O)NC1=O. The summed E-state index contributed by atoms with van der Waals surface area (Å²) in [6, 6.07) is 6.62. The third-order valence-electron chi connectivity index (χ3n) is 2.71. The zero-order valence-electron chi connectivity index (χ0n) is 9.10. The summed E-state index contributed by atoms with van der Waals surface area (Å²) < 4.78 is 0. The third-order valence-corrected chi connectivity index (χ3v) is 2.71. The molecule has 1 aromatic rings. The number of hydrogen-bond acceptors (Lipinski definition) is 4. The number of benzene rings is 1. The quantitative estimate of drug-likeness (QED) is 0.567. The Labute approximate surface area is 101 Å². The van der Waals surface area contributed by atoms with Crippen molar-refractivity contribution in [2.24, 2.45) is 5.73 Å². The van der Waals surface area contributed by atoms with Crippen molar-refractivity contribution in [1.82, 2.24) is 10.6 Å². The average molecular weight is 247 g/mol. The smallest absolute Gasteiger partial charge is 0.328 e. The molecule has 0 bridgehead atoms. The van der Waals surface area contributed by atoms with E-state index in [0.717, 1.165) is 0 Å². The molecule has 7 heteroatoms. The highest BCUT2D eigenvalue weighted by molar-refractivity contribution is 6.34. The Morgan fingerprint density at radius 1 is 1.00 bits per heavy atom. The summed E-state index contributed by atoms with van der Waals surface area (Å²) in [7, 11) is 0. The normalized spacial score (nSPS) is 17.9. The molecule has 1 saturated heterocycles. The molecule has 0 radical (unpaired) electrons. The van der Waals surface area contributed by atoms with Crippen LogP contribution < -0.4 is 16.4 Å². The lowest BCUT2D eigenvalue weighted by atomic mass is 9.77. The van der Waals surface area contributed by atoms with E-state index in [-0.39, 0.29) is 5.56 Å². The number of hydrogen-bond donors (Lipinski definition) is 3. The molecule has 92 valence electrons. The maximum absolute atomic E-state index is 11.9. The molecule has 5 amide bonds. The van der Waals surface area contributed by atoms with E-state index in [1.165, 1.54) is 12.1 Å². The maximum atomic E-state index is 11.9. The lowest BCUT2D eigenvalue weighted by Gasteiger charge is -2.31. The molecule has 7 nitrogen and oxygen atoms in total. The molecule has 1 aliphatic heterocycles. The fourth-order valence-corrected chi connectivity index (χ4v) is 1.84. The predicted molar refractivity (Wildman–Crippen MR) is 59.0 cm³/mol. The Kier molecular flexibility index (Phi) is 2.59.